The zero-order valence-electron chi connectivity index (χ0n) is 24.9. The zero-order chi connectivity index (χ0) is 30.9. The minimum atomic E-state index is -2.13. The van der Waals surface area contributed by atoms with Gasteiger partial charge in [0.15, 0.2) is 11.7 Å². The Morgan fingerprint density at radius 3 is 2.26 bits per heavy atom. The predicted octanol–water partition coefficient (Wildman–Crippen LogP) is 2.62. The molecular formula is C30H41ClO11. The van der Waals surface area contributed by atoms with Gasteiger partial charge in [0.2, 0.25) is 0 Å². The number of fused-ring (bicyclic) bond motifs is 5. The summed E-state index contributed by atoms with van der Waals surface area (Å²) >= 11 is 6.85. The van der Waals surface area contributed by atoms with Crippen LogP contribution in [0.3, 0.4) is 0 Å². The van der Waals surface area contributed by atoms with Crippen molar-refractivity contribution in [3.8, 4) is 0 Å². The van der Waals surface area contributed by atoms with Gasteiger partial charge in [-0.05, 0) is 18.9 Å². The fourth-order valence-electron chi connectivity index (χ4n) is 7.82. The molecular weight excluding hydrogens is 572 g/mol. The molecule has 11 nitrogen and oxygen atoms in total. The van der Waals surface area contributed by atoms with Crippen molar-refractivity contribution in [2.45, 2.75) is 127 Å². The molecule has 234 valence electrons. The monoisotopic (exact) mass is 612 g/mol. The normalized spacial score (nSPS) is 47.0. The van der Waals surface area contributed by atoms with Crippen molar-refractivity contribution >= 4 is 35.5 Å². The fourth-order valence-corrected chi connectivity index (χ4v) is 8.19. The Balaban J connectivity index is 1.66. The smallest absolute Gasteiger partial charge is 0.312 e. The highest BCUT2D eigenvalue weighted by Gasteiger charge is 2.78. The number of hydrogen-bond acceptors (Lipinski definition) is 11. The second-order valence-corrected chi connectivity index (χ2v) is 13.2. The second-order valence-electron chi connectivity index (χ2n) is 12.7. The third-order valence-corrected chi connectivity index (χ3v) is 10.6. The van der Waals surface area contributed by atoms with E-state index < -0.39 is 101 Å². The number of esters is 4. The van der Waals surface area contributed by atoms with E-state index in [1.807, 2.05) is 20.8 Å². The summed E-state index contributed by atoms with van der Waals surface area (Å²) in [6.07, 6.45) is -4.16. The maximum atomic E-state index is 13.1. The van der Waals surface area contributed by atoms with E-state index in [9.17, 15) is 24.3 Å². The molecule has 0 amide bonds. The van der Waals surface area contributed by atoms with Crippen molar-refractivity contribution in [1.29, 1.82) is 0 Å². The van der Waals surface area contributed by atoms with E-state index in [0.717, 1.165) is 12.8 Å². The van der Waals surface area contributed by atoms with Gasteiger partial charge in [-0.1, -0.05) is 40.2 Å². The third-order valence-electron chi connectivity index (χ3n) is 10.1. The lowest BCUT2D eigenvalue weighted by atomic mass is 9.53. The van der Waals surface area contributed by atoms with Crippen LogP contribution < -0.4 is 0 Å². The molecule has 2 saturated carbocycles. The number of ether oxygens (including phenoxy) is 6. The van der Waals surface area contributed by atoms with Gasteiger partial charge in [0.05, 0.1) is 17.4 Å². The summed E-state index contributed by atoms with van der Waals surface area (Å²) < 4.78 is 35.8. The molecule has 0 bridgehead atoms. The maximum absolute atomic E-state index is 13.1. The maximum Gasteiger partial charge on any atom is 0.312 e. The van der Waals surface area contributed by atoms with E-state index in [-0.39, 0.29) is 12.4 Å². The topological polar surface area (TPSA) is 150 Å². The standard InChI is InChI=1S/C30H41ClO11/c1-8-9-10-11-17(34)39-20-12(2)18-24(37-15(5)32)30(36)14(4)28(35)42-25(30)19(31)13(3)21-22(40-21)26(38-16(6)33)29(18,7)27-23(20)41-27/h12,14,18-27,36H,3,8-11H2,1-2,4-7H3/t12-,14?,18-,19+,20+,21-,22-,23+,24-,25+,26-,27+,29+,30-/m1/s1. The van der Waals surface area contributed by atoms with Crippen LogP contribution in [-0.2, 0) is 47.6 Å². The van der Waals surface area contributed by atoms with Crippen molar-refractivity contribution < 1.29 is 52.7 Å². The minimum Gasteiger partial charge on any atom is -0.459 e. The largest absolute Gasteiger partial charge is 0.459 e. The Labute approximate surface area is 250 Å². The number of rotatable bonds is 7. The van der Waals surface area contributed by atoms with E-state index in [2.05, 4.69) is 6.58 Å². The molecule has 1 N–H and O–H groups in total. The molecule has 42 heavy (non-hydrogen) atoms. The number of carbonyl (C=O) groups is 4. The van der Waals surface area contributed by atoms with Gasteiger partial charge in [0, 0.05) is 37.5 Å². The van der Waals surface area contributed by atoms with Crippen molar-refractivity contribution in [2.24, 2.45) is 23.2 Å². The Morgan fingerprint density at radius 1 is 1.00 bits per heavy atom. The lowest BCUT2D eigenvalue weighted by Crippen LogP contribution is -2.69. The second kappa shape index (κ2) is 11.1. The Morgan fingerprint density at radius 2 is 1.64 bits per heavy atom. The average molecular weight is 613 g/mol. The van der Waals surface area contributed by atoms with Crippen LogP contribution in [0.2, 0.25) is 0 Å². The molecule has 0 radical (unpaired) electrons. The number of alkyl halides is 1. The van der Waals surface area contributed by atoms with E-state index in [0.29, 0.717) is 12.0 Å². The fraction of sp³-hybridized carbons (Fsp3) is 0.800. The summed E-state index contributed by atoms with van der Waals surface area (Å²) in [7, 11) is 0. The van der Waals surface area contributed by atoms with Gasteiger partial charge in [0.1, 0.15) is 36.6 Å². The number of carbonyl (C=O) groups excluding carboxylic acids is 4. The first-order chi connectivity index (χ1) is 19.7. The summed E-state index contributed by atoms with van der Waals surface area (Å²) in [5, 5.41) is 11.5. The molecule has 0 aromatic rings. The van der Waals surface area contributed by atoms with Crippen LogP contribution in [0.25, 0.3) is 0 Å². The van der Waals surface area contributed by atoms with Gasteiger partial charge in [-0.2, -0.15) is 0 Å². The number of epoxide rings is 2. The van der Waals surface area contributed by atoms with Crippen molar-refractivity contribution in [2.75, 3.05) is 0 Å². The molecule has 5 aliphatic rings. The van der Waals surface area contributed by atoms with E-state index >= 15 is 0 Å². The van der Waals surface area contributed by atoms with Crippen LogP contribution in [-0.4, -0.2) is 88.8 Å². The molecule has 14 atom stereocenters. The Hall–Kier alpha value is -2.21. The summed E-state index contributed by atoms with van der Waals surface area (Å²) in [6.45, 7) is 13.8. The van der Waals surface area contributed by atoms with Crippen LogP contribution in [0.4, 0.5) is 0 Å². The molecule has 3 saturated heterocycles. The summed E-state index contributed by atoms with van der Waals surface area (Å²) in [4.78, 5) is 51.2. The first-order valence-electron chi connectivity index (χ1n) is 14.8. The lowest BCUT2D eigenvalue weighted by Gasteiger charge is -2.54. The van der Waals surface area contributed by atoms with E-state index in [1.54, 1.807) is 0 Å². The molecule has 5 rings (SSSR count). The zero-order valence-corrected chi connectivity index (χ0v) is 25.6. The van der Waals surface area contributed by atoms with Crippen LogP contribution in [0.15, 0.2) is 12.2 Å². The van der Waals surface area contributed by atoms with Gasteiger partial charge in [0.25, 0.3) is 0 Å². The van der Waals surface area contributed by atoms with Crippen molar-refractivity contribution in [3.05, 3.63) is 12.2 Å². The summed E-state index contributed by atoms with van der Waals surface area (Å²) in [5.41, 5.74) is -2.92. The van der Waals surface area contributed by atoms with E-state index in [4.69, 9.17) is 40.0 Å². The molecule has 0 spiro atoms. The average Bonchev–Trinajstić information content (AvgIpc) is 3.84. The minimum absolute atomic E-state index is 0.235. The highest BCUT2D eigenvalue weighted by Crippen LogP contribution is 2.64. The highest BCUT2D eigenvalue weighted by atomic mass is 35.5. The van der Waals surface area contributed by atoms with Crippen LogP contribution in [0.5, 0.6) is 0 Å². The van der Waals surface area contributed by atoms with Gasteiger partial charge in [-0.3, -0.25) is 19.2 Å². The quantitative estimate of drug-likeness (QED) is 0.113. The molecule has 12 heteroatoms. The first-order valence-corrected chi connectivity index (χ1v) is 15.2. The molecule has 0 aromatic carbocycles. The molecule has 5 fully saturated rings. The number of unbranched alkanes of at least 4 members (excludes halogenated alkanes) is 2. The predicted molar refractivity (Wildman–Crippen MR) is 146 cm³/mol. The molecule has 3 heterocycles. The third kappa shape index (κ3) is 4.84. The number of aliphatic hydroxyl groups is 1. The number of hydrogen-bond donors (Lipinski definition) is 1. The SMILES string of the molecule is C=C1[C@H]2O[C@H]2[C@@H](OC(C)=O)[C@]2(C)[C@H]([C@@H](C)[C@H](OC(=O)CCCCC)[C@@H]3O[C@@H]32)[C@@H](OC(C)=O)[C@]2(O)C(C)C(=O)O[C@H]2[C@H]1Cl. The van der Waals surface area contributed by atoms with Gasteiger partial charge < -0.3 is 33.5 Å². The van der Waals surface area contributed by atoms with Crippen LogP contribution in [0.1, 0.15) is 67.2 Å². The van der Waals surface area contributed by atoms with E-state index in [1.165, 1.54) is 20.8 Å². The first kappa shape index (κ1) is 31.2. The van der Waals surface area contributed by atoms with Gasteiger partial charge >= 0.3 is 23.9 Å². The lowest BCUT2D eigenvalue weighted by molar-refractivity contribution is -0.227. The molecule has 2 aliphatic carbocycles. The van der Waals surface area contributed by atoms with Crippen molar-refractivity contribution in [1.82, 2.24) is 0 Å². The molecule has 3 aliphatic heterocycles. The molecule has 1 unspecified atom stereocenters. The van der Waals surface area contributed by atoms with Crippen LogP contribution >= 0.6 is 11.6 Å². The summed E-state index contributed by atoms with van der Waals surface area (Å²) in [5.74, 6) is -5.01. The van der Waals surface area contributed by atoms with Crippen molar-refractivity contribution in [3.63, 3.8) is 0 Å². The Kier molecular flexibility index (Phi) is 8.22. The van der Waals surface area contributed by atoms with Gasteiger partial charge in [-0.15, -0.1) is 11.6 Å². The molecule has 0 aromatic heterocycles. The Bertz CT molecular complexity index is 1160. The highest BCUT2D eigenvalue weighted by molar-refractivity contribution is 6.23. The summed E-state index contributed by atoms with van der Waals surface area (Å²) in [6, 6.07) is 0. The van der Waals surface area contributed by atoms with Crippen LogP contribution in [0, 0.1) is 23.2 Å². The van der Waals surface area contributed by atoms with Gasteiger partial charge in [-0.25, -0.2) is 0 Å². The number of halogens is 1.